The SMILES string of the molecule is CC1CCC(Cc2ccc(OC(F)(F)F)cc2)(N(C)C)CC1. The fourth-order valence-electron chi connectivity index (χ4n) is 3.27. The molecule has 0 amide bonds. The van der Waals surface area contributed by atoms with Crippen LogP contribution >= 0.6 is 0 Å². The molecule has 0 radical (unpaired) electrons. The Kier molecular flexibility index (Phi) is 5.05. The minimum atomic E-state index is -4.63. The average molecular weight is 315 g/mol. The Bertz CT molecular complexity index is 474. The molecule has 1 fully saturated rings. The average Bonchev–Trinajstić information content (AvgIpc) is 2.42. The summed E-state index contributed by atoms with van der Waals surface area (Å²) in [7, 11) is 4.19. The highest BCUT2D eigenvalue weighted by molar-refractivity contribution is 5.28. The molecule has 22 heavy (non-hydrogen) atoms. The van der Waals surface area contributed by atoms with Gasteiger partial charge in [-0.05, 0) is 69.8 Å². The van der Waals surface area contributed by atoms with Gasteiger partial charge in [-0.25, -0.2) is 0 Å². The monoisotopic (exact) mass is 315 g/mol. The van der Waals surface area contributed by atoms with E-state index in [9.17, 15) is 13.2 Å². The lowest BCUT2D eigenvalue weighted by atomic mass is 9.73. The maximum absolute atomic E-state index is 12.2. The molecule has 5 heteroatoms. The number of ether oxygens (including phenoxy) is 1. The predicted molar refractivity (Wildman–Crippen MR) is 80.9 cm³/mol. The van der Waals surface area contributed by atoms with Gasteiger partial charge in [0.25, 0.3) is 0 Å². The summed E-state index contributed by atoms with van der Waals surface area (Å²) in [4.78, 5) is 2.28. The van der Waals surface area contributed by atoms with Crippen LogP contribution in [-0.4, -0.2) is 30.9 Å². The van der Waals surface area contributed by atoms with Gasteiger partial charge in [-0.1, -0.05) is 19.1 Å². The molecule has 0 N–H and O–H groups in total. The van der Waals surface area contributed by atoms with Crippen LogP contribution in [0.25, 0.3) is 0 Å². The number of hydrogen-bond acceptors (Lipinski definition) is 2. The molecule has 2 rings (SSSR count). The van der Waals surface area contributed by atoms with Crippen LogP contribution in [0.4, 0.5) is 13.2 Å². The number of halogens is 3. The van der Waals surface area contributed by atoms with E-state index in [4.69, 9.17) is 0 Å². The molecule has 0 aromatic heterocycles. The smallest absolute Gasteiger partial charge is 0.406 e. The maximum atomic E-state index is 12.2. The van der Waals surface area contributed by atoms with Crippen LogP contribution in [0.15, 0.2) is 24.3 Å². The number of alkyl halides is 3. The van der Waals surface area contributed by atoms with Gasteiger partial charge < -0.3 is 9.64 Å². The summed E-state index contributed by atoms with van der Waals surface area (Å²) < 4.78 is 40.5. The molecule has 0 aliphatic heterocycles. The Balaban J connectivity index is 2.08. The van der Waals surface area contributed by atoms with Crippen molar-refractivity contribution in [2.45, 2.75) is 50.9 Å². The topological polar surface area (TPSA) is 12.5 Å². The van der Waals surface area contributed by atoms with Crippen molar-refractivity contribution in [3.63, 3.8) is 0 Å². The second kappa shape index (κ2) is 6.49. The number of likely N-dealkylation sites (N-methyl/N-ethyl adjacent to an activating group) is 1. The van der Waals surface area contributed by atoms with Crippen molar-refractivity contribution in [1.29, 1.82) is 0 Å². The van der Waals surface area contributed by atoms with Gasteiger partial charge in [-0.3, -0.25) is 0 Å². The van der Waals surface area contributed by atoms with Gasteiger partial charge in [0, 0.05) is 5.54 Å². The normalized spacial score (nSPS) is 26.2. The lowest BCUT2D eigenvalue weighted by Gasteiger charge is -2.45. The Morgan fingerprint density at radius 1 is 1.14 bits per heavy atom. The second-order valence-electron chi connectivity index (χ2n) is 6.67. The number of nitrogens with zero attached hydrogens (tertiary/aromatic N) is 1. The summed E-state index contributed by atoms with van der Waals surface area (Å²) >= 11 is 0. The second-order valence-corrected chi connectivity index (χ2v) is 6.67. The van der Waals surface area contributed by atoms with Gasteiger partial charge in [-0.15, -0.1) is 13.2 Å². The molecule has 1 aromatic carbocycles. The zero-order chi connectivity index (χ0) is 16.4. The molecule has 0 saturated heterocycles. The summed E-state index contributed by atoms with van der Waals surface area (Å²) in [5.74, 6) is 0.600. The van der Waals surface area contributed by atoms with Crippen LogP contribution in [0, 0.1) is 5.92 Å². The minimum Gasteiger partial charge on any atom is -0.406 e. The molecule has 0 bridgehead atoms. The molecular weight excluding hydrogens is 291 g/mol. The molecule has 1 aromatic rings. The van der Waals surface area contributed by atoms with Crippen molar-refractivity contribution in [3.8, 4) is 5.75 Å². The van der Waals surface area contributed by atoms with Gasteiger partial charge in [0.2, 0.25) is 0 Å². The zero-order valence-electron chi connectivity index (χ0n) is 13.4. The molecular formula is C17H24F3NO. The molecule has 1 aliphatic carbocycles. The van der Waals surface area contributed by atoms with E-state index in [-0.39, 0.29) is 11.3 Å². The third-order valence-corrected chi connectivity index (χ3v) is 4.84. The standard InChI is InChI=1S/C17H24F3NO/c1-13-8-10-16(11-9-13,21(2)3)12-14-4-6-15(7-5-14)22-17(18,19)20/h4-7,13H,8-12H2,1-3H3. The highest BCUT2D eigenvalue weighted by Crippen LogP contribution is 2.38. The van der Waals surface area contributed by atoms with E-state index >= 15 is 0 Å². The molecule has 0 spiro atoms. The summed E-state index contributed by atoms with van der Waals surface area (Å²) in [6.07, 6.45) is 0.885. The first-order chi connectivity index (χ1) is 10.2. The van der Waals surface area contributed by atoms with Crippen LogP contribution in [0.5, 0.6) is 5.75 Å². The van der Waals surface area contributed by atoms with Crippen molar-refractivity contribution in [2.24, 2.45) is 5.92 Å². The van der Waals surface area contributed by atoms with Gasteiger partial charge in [-0.2, -0.15) is 0 Å². The van der Waals surface area contributed by atoms with Gasteiger partial charge in [0.05, 0.1) is 0 Å². The Labute approximate surface area is 130 Å². The Morgan fingerprint density at radius 3 is 2.14 bits per heavy atom. The Hall–Kier alpha value is -1.23. The highest BCUT2D eigenvalue weighted by Gasteiger charge is 2.36. The van der Waals surface area contributed by atoms with Crippen molar-refractivity contribution < 1.29 is 17.9 Å². The predicted octanol–water partition coefficient (Wildman–Crippen LogP) is 4.64. The molecule has 1 saturated carbocycles. The van der Waals surface area contributed by atoms with E-state index < -0.39 is 6.36 Å². The van der Waals surface area contributed by atoms with E-state index in [0.717, 1.165) is 30.7 Å². The lowest BCUT2D eigenvalue weighted by Crippen LogP contribution is -2.48. The Morgan fingerprint density at radius 2 is 1.68 bits per heavy atom. The maximum Gasteiger partial charge on any atom is 0.573 e. The van der Waals surface area contributed by atoms with Gasteiger partial charge >= 0.3 is 6.36 Å². The largest absolute Gasteiger partial charge is 0.573 e. The molecule has 0 atom stereocenters. The third-order valence-electron chi connectivity index (χ3n) is 4.84. The van der Waals surface area contributed by atoms with Crippen LogP contribution in [0.1, 0.15) is 38.2 Å². The first kappa shape index (κ1) is 17.1. The number of rotatable bonds is 4. The van der Waals surface area contributed by atoms with E-state index in [1.165, 1.54) is 25.0 Å². The third kappa shape index (κ3) is 4.38. The van der Waals surface area contributed by atoms with Crippen molar-refractivity contribution in [1.82, 2.24) is 4.90 Å². The van der Waals surface area contributed by atoms with E-state index in [1.807, 2.05) is 0 Å². The molecule has 0 unspecified atom stereocenters. The molecule has 124 valence electrons. The zero-order valence-corrected chi connectivity index (χ0v) is 13.4. The van der Waals surface area contributed by atoms with E-state index in [1.54, 1.807) is 12.1 Å². The van der Waals surface area contributed by atoms with Crippen LogP contribution in [-0.2, 0) is 6.42 Å². The summed E-state index contributed by atoms with van der Waals surface area (Å²) in [5, 5.41) is 0. The van der Waals surface area contributed by atoms with Crippen molar-refractivity contribution in [2.75, 3.05) is 14.1 Å². The fraction of sp³-hybridized carbons (Fsp3) is 0.647. The van der Waals surface area contributed by atoms with Crippen molar-refractivity contribution >= 4 is 0 Å². The number of hydrogen-bond donors (Lipinski definition) is 0. The fourth-order valence-corrected chi connectivity index (χ4v) is 3.27. The quantitative estimate of drug-likeness (QED) is 0.802. The summed E-state index contributed by atoms with van der Waals surface area (Å²) in [5.41, 5.74) is 1.16. The van der Waals surface area contributed by atoms with Crippen LogP contribution < -0.4 is 4.74 Å². The minimum absolute atomic E-state index is 0.110. The van der Waals surface area contributed by atoms with E-state index in [2.05, 4.69) is 30.7 Å². The summed E-state index contributed by atoms with van der Waals surface area (Å²) in [6.45, 7) is 2.28. The van der Waals surface area contributed by atoms with Crippen LogP contribution in [0.3, 0.4) is 0 Å². The number of benzene rings is 1. The van der Waals surface area contributed by atoms with Crippen LogP contribution in [0.2, 0.25) is 0 Å². The highest BCUT2D eigenvalue weighted by atomic mass is 19.4. The summed E-state index contributed by atoms with van der Waals surface area (Å²) in [6, 6.07) is 6.28. The van der Waals surface area contributed by atoms with Gasteiger partial charge in [0.1, 0.15) is 5.75 Å². The first-order valence-electron chi connectivity index (χ1n) is 7.72. The first-order valence-corrected chi connectivity index (χ1v) is 7.72. The van der Waals surface area contributed by atoms with Gasteiger partial charge in [0.15, 0.2) is 0 Å². The molecule has 1 aliphatic rings. The molecule has 2 nitrogen and oxygen atoms in total. The molecule has 0 heterocycles. The van der Waals surface area contributed by atoms with Crippen molar-refractivity contribution in [3.05, 3.63) is 29.8 Å². The van der Waals surface area contributed by atoms with E-state index in [0.29, 0.717) is 0 Å². The lowest BCUT2D eigenvalue weighted by molar-refractivity contribution is -0.274.